The van der Waals surface area contributed by atoms with E-state index in [1.807, 2.05) is 20.8 Å². The fourth-order valence-corrected chi connectivity index (χ4v) is 3.35. The molecule has 0 aliphatic carbocycles. The first-order valence-corrected chi connectivity index (χ1v) is 8.46. The van der Waals surface area contributed by atoms with Crippen LogP contribution in [0.3, 0.4) is 0 Å². The average molecular weight is 386 g/mol. The number of halogens is 1. The van der Waals surface area contributed by atoms with Crippen molar-refractivity contribution in [3.8, 4) is 0 Å². The first-order valence-electron chi connectivity index (χ1n) is 7.64. The number of carbonyl (C=O) groups is 2. The number of nitrogens with two attached hydrogens (primary N) is 1. The van der Waals surface area contributed by atoms with Crippen molar-refractivity contribution in [2.24, 2.45) is 11.1 Å². The van der Waals surface area contributed by atoms with Crippen molar-refractivity contribution in [2.45, 2.75) is 20.8 Å². The molecule has 3 N–H and O–H groups in total. The summed E-state index contributed by atoms with van der Waals surface area (Å²) in [5, 5.41) is 3.37. The van der Waals surface area contributed by atoms with Crippen molar-refractivity contribution in [2.75, 3.05) is 25.5 Å². The molecule has 2 rings (SSSR count). The van der Waals surface area contributed by atoms with Crippen LogP contribution in [0.4, 0.5) is 5.00 Å². The summed E-state index contributed by atoms with van der Waals surface area (Å²) < 4.78 is 5.06. The van der Waals surface area contributed by atoms with Crippen LogP contribution in [-0.4, -0.2) is 36.9 Å². The van der Waals surface area contributed by atoms with Gasteiger partial charge in [0.1, 0.15) is 0 Å². The van der Waals surface area contributed by atoms with Gasteiger partial charge in [0.05, 0.1) is 16.1 Å². The minimum absolute atomic E-state index is 0. The predicted molar refractivity (Wildman–Crippen MR) is 103 cm³/mol. The van der Waals surface area contributed by atoms with Gasteiger partial charge in [-0.05, 0) is 42.6 Å². The highest BCUT2D eigenvalue weighted by Crippen LogP contribution is 2.29. The summed E-state index contributed by atoms with van der Waals surface area (Å²) in [6.07, 6.45) is 1.44. The van der Waals surface area contributed by atoms with Crippen LogP contribution >= 0.6 is 23.7 Å². The Kier molecular flexibility index (Phi) is 7.22. The van der Waals surface area contributed by atoms with E-state index in [0.717, 1.165) is 5.56 Å². The Morgan fingerprint density at radius 1 is 1.40 bits per heavy atom. The molecule has 8 heteroatoms. The lowest BCUT2D eigenvalue weighted by Gasteiger charge is -2.28. The second kappa shape index (κ2) is 8.51. The largest absolute Gasteiger partial charge is 0.459 e. The molecule has 6 nitrogen and oxygen atoms in total. The highest BCUT2D eigenvalue weighted by atomic mass is 35.5. The van der Waals surface area contributed by atoms with Crippen LogP contribution in [0.1, 0.15) is 39.6 Å². The molecule has 2 aromatic heterocycles. The highest BCUT2D eigenvalue weighted by molar-refractivity contribution is 7.18. The van der Waals surface area contributed by atoms with Gasteiger partial charge in [0.25, 0.3) is 11.8 Å². The number of thiophene rings is 1. The molecule has 138 valence electrons. The Labute approximate surface area is 157 Å². The number of hydrogen-bond donors (Lipinski definition) is 2. The molecule has 0 unspecified atom stereocenters. The van der Waals surface area contributed by atoms with E-state index < -0.39 is 0 Å². The summed E-state index contributed by atoms with van der Waals surface area (Å²) in [7, 11) is 1.76. The van der Waals surface area contributed by atoms with Gasteiger partial charge in [-0.1, -0.05) is 13.8 Å². The van der Waals surface area contributed by atoms with E-state index in [2.05, 4.69) is 5.32 Å². The lowest BCUT2D eigenvalue weighted by atomic mass is 9.93. The van der Waals surface area contributed by atoms with Gasteiger partial charge in [0.2, 0.25) is 0 Å². The van der Waals surface area contributed by atoms with Gasteiger partial charge in [-0.25, -0.2) is 0 Å². The van der Waals surface area contributed by atoms with E-state index in [4.69, 9.17) is 10.2 Å². The molecule has 2 amide bonds. The number of amides is 2. The van der Waals surface area contributed by atoms with Gasteiger partial charge >= 0.3 is 0 Å². The fraction of sp³-hybridized carbons (Fsp3) is 0.412. The third-order valence-electron chi connectivity index (χ3n) is 3.66. The van der Waals surface area contributed by atoms with Crippen molar-refractivity contribution >= 4 is 40.6 Å². The topological polar surface area (TPSA) is 88.6 Å². The average Bonchev–Trinajstić information content (AvgIpc) is 3.16. The Morgan fingerprint density at radius 3 is 2.64 bits per heavy atom. The van der Waals surface area contributed by atoms with E-state index in [1.54, 1.807) is 30.1 Å². The minimum atomic E-state index is -0.335. The van der Waals surface area contributed by atoms with Crippen LogP contribution in [0.2, 0.25) is 0 Å². The lowest BCUT2D eigenvalue weighted by molar-refractivity contribution is 0.0744. The molecule has 0 saturated carbocycles. The van der Waals surface area contributed by atoms with Gasteiger partial charge in [-0.15, -0.1) is 23.7 Å². The maximum atomic E-state index is 12.7. The van der Waals surface area contributed by atoms with E-state index in [0.29, 0.717) is 23.0 Å². The number of aryl methyl sites for hydroxylation is 1. The maximum absolute atomic E-state index is 12.7. The van der Waals surface area contributed by atoms with Crippen LogP contribution in [0.25, 0.3) is 0 Å². The standard InChI is InChI=1S/C17H23N3O3S.ClH/c1-11-8-13(19-15(21)12-6-5-7-23-12)24-14(11)16(22)20(4)10-17(2,3)9-18;/h5-8H,9-10,18H2,1-4H3,(H,19,21);1H. The predicted octanol–water partition coefficient (Wildman–Crippen LogP) is 3.38. The van der Waals surface area contributed by atoms with Gasteiger partial charge in [-0.2, -0.15) is 0 Å². The number of rotatable bonds is 6. The Morgan fingerprint density at radius 2 is 2.08 bits per heavy atom. The second-order valence-electron chi connectivity index (χ2n) is 6.58. The molecule has 2 aromatic rings. The van der Waals surface area contributed by atoms with Crippen molar-refractivity contribution < 1.29 is 14.0 Å². The number of nitrogens with zero attached hydrogens (tertiary/aromatic N) is 1. The molecule has 0 saturated heterocycles. The lowest BCUT2D eigenvalue weighted by Crippen LogP contribution is -2.39. The smallest absolute Gasteiger partial charge is 0.291 e. The Hall–Kier alpha value is -1.83. The summed E-state index contributed by atoms with van der Waals surface area (Å²) in [4.78, 5) is 27.0. The Bertz CT molecular complexity index is 726. The van der Waals surface area contributed by atoms with Crippen molar-refractivity contribution in [3.63, 3.8) is 0 Å². The molecule has 0 atom stereocenters. The quantitative estimate of drug-likeness (QED) is 0.797. The van der Waals surface area contributed by atoms with Gasteiger partial charge in [-0.3, -0.25) is 9.59 Å². The molecule has 2 heterocycles. The zero-order valence-electron chi connectivity index (χ0n) is 14.8. The minimum Gasteiger partial charge on any atom is -0.459 e. The number of anilines is 1. The number of nitrogens with one attached hydrogen (secondary N) is 1. The Balaban J connectivity index is 0.00000312. The molecule has 0 aliphatic heterocycles. The molecular formula is C17H24ClN3O3S. The summed E-state index contributed by atoms with van der Waals surface area (Å²) >= 11 is 1.26. The molecule has 0 aliphatic rings. The van der Waals surface area contributed by atoms with Crippen molar-refractivity contribution in [3.05, 3.63) is 40.7 Å². The van der Waals surface area contributed by atoms with Crippen LogP contribution in [0, 0.1) is 12.3 Å². The fourth-order valence-electron chi connectivity index (χ4n) is 2.29. The second-order valence-corrected chi connectivity index (χ2v) is 7.64. The normalized spacial score (nSPS) is 10.9. The molecule has 0 radical (unpaired) electrons. The first-order chi connectivity index (χ1) is 11.2. The third-order valence-corrected chi connectivity index (χ3v) is 4.80. The molecular weight excluding hydrogens is 362 g/mol. The summed E-state index contributed by atoms with van der Waals surface area (Å²) in [5.41, 5.74) is 6.42. The van der Waals surface area contributed by atoms with Crippen LogP contribution in [0.15, 0.2) is 28.9 Å². The van der Waals surface area contributed by atoms with E-state index in [1.165, 1.54) is 17.6 Å². The third kappa shape index (κ3) is 5.32. The van der Waals surface area contributed by atoms with Crippen LogP contribution < -0.4 is 11.1 Å². The summed E-state index contributed by atoms with van der Waals surface area (Å²) in [6, 6.07) is 5.03. The van der Waals surface area contributed by atoms with Gasteiger partial charge < -0.3 is 20.4 Å². The first kappa shape index (κ1) is 21.2. The van der Waals surface area contributed by atoms with Crippen molar-refractivity contribution in [1.29, 1.82) is 0 Å². The molecule has 0 spiro atoms. The summed E-state index contributed by atoms with van der Waals surface area (Å²) in [6.45, 7) is 6.96. The van der Waals surface area contributed by atoms with Gasteiger partial charge in [0, 0.05) is 13.6 Å². The monoisotopic (exact) mass is 385 g/mol. The molecule has 25 heavy (non-hydrogen) atoms. The van der Waals surface area contributed by atoms with Gasteiger partial charge in [0.15, 0.2) is 5.76 Å². The highest BCUT2D eigenvalue weighted by Gasteiger charge is 2.24. The number of carbonyl (C=O) groups excluding carboxylic acids is 2. The molecule has 0 aromatic carbocycles. The molecule has 0 bridgehead atoms. The molecule has 0 fully saturated rings. The maximum Gasteiger partial charge on any atom is 0.291 e. The van der Waals surface area contributed by atoms with Crippen molar-refractivity contribution in [1.82, 2.24) is 4.90 Å². The number of hydrogen-bond acceptors (Lipinski definition) is 5. The number of furan rings is 1. The summed E-state index contributed by atoms with van der Waals surface area (Å²) in [5.74, 6) is -0.175. The van der Waals surface area contributed by atoms with Crippen LogP contribution in [0.5, 0.6) is 0 Å². The zero-order valence-corrected chi connectivity index (χ0v) is 16.4. The van der Waals surface area contributed by atoms with Crippen LogP contribution in [-0.2, 0) is 0 Å². The SMILES string of the molecule is Cc1cc(NC(=O)c2ccco2)sc1C(=O)N(C)CC(C)(C)CN.Cl. The van der Waals surface area contributed by atoms with E-state index in [-0.39, 0.29) is 35.4 Å². The van der Waals surface area contributed by atoms with E-state index in [9.17, 15) is 9.59 Å². The zero-order chi connectivity index (χ0) is 17.9. The van der Waals surface area contributed by atoms with E-state index >= 15 is 0 Å².